The lowest BCUT2D eigenvalue weighted by molar-refractivity contribution is -0.126. The minimum absolute atomic E-state index is 0.000871. The molecule has 130 valence electrons. The van der Waals surface area contributed by atoms with Crippen LogP contribution in [0.4, 0.5) is 4.39 Å². The first kappa shape index (κ1) is 17.9. The highest BCUT2D eigenvalue weighted by atomic mass is 19.1. The van der Waals surface area contributed by atoms with Crippen molar-refractivity contribution in [2.45, 2.75) is 26.2 Å². The van der Waals surface area contributed by atoms with Crippen LogP contribution in [0, 0.1) is 11.7 Å². The average Bonchev–Trinajstić information content (AvgIpc) is 2.59. The summed E-state index contributed by atoms with van der Waals surface area (Å²) < 4.78 is 14.0. The minimum Gasteiger partial charge on any atom is -0.478 e. The molecule has 1 heterocycles. The van der Waals surface area contributed by atoms with Gasteiger partial charge in [-0.3, -0.25) is 9.59 Å². The van der Waals surface area contributed by atoms with Gasteiger partial charge in [0, 0.05) is 25.6 Å². The fourth-order valence-corrected chi connectivity index (χ4v) is 2.73. The van der Waals surface area contributed by atoms with Crippen LogP contribution in [0.3, 0.4) is 0 Å². The first-order valence-electron chi connectivity index (χ1n) is 8.03. The lowest BCUT2D eigenvalue weighted by Crippen LogP contribution is -2.43. The van der Waals surface area contributed by atoms with Gasteiger partial charge in [-0.2, -0.15) is 0 Å². The van der Waals surface area contributed by atoms with E-state index in [1.165, 1.54) is 17.0 Å². The van der Waals surface area contributed by atoms with E-state index >= 15 is 0 Å². The molecular formula is C17H21FN2O4. The van der Waals surface area contributed by atoms with Crippen molar-refractivity contribution in [1.29, 1.82) is 0 Å². The number of rotatable bonds is 5. The number of halogens is 1. The summed E-state index contributed by atoms with van der Waals surface area (Å²) in [6, 6.07) is 3.26. The van der Waals surface area contributed by atoms with Crippen molar-refractivity contribution in [2.75, 3.05) is 19.6 Å². The Morgan fingerprint density at radius 2 is 1.96 bits per heavy atom. The summed E-state index contributed by atoms with van der Waals surface area (Å²) in [5, 5.41) is 11.7. The number of carbonyl (C=O) groups excluding carboxylic acids is 2. The van der Waals surface area contributed by atoms with E-state index in [1.54, 1.807) is 0 Å². The van der Waals surface area contributed by atoms with Gasteiger partial charge in [-0.25, -0.2) is 9.18 Å². The van der Waals surface area contributed by atoms with E-state index in [9.17, 15) is 18.8 Å². The Morgan fingerprint density at radius 1 is 1.29 bits per heavy atom. The highest BCUT2D eigenvalue weighted by Gasteiger charge is 2.28. The van der Waals surface area contributed by atoms with E-state index in [-0.39, 0.29) is 23.0 Å². The molecule has 0 radical (unpaired) electrons. The predicted octanol–water partition coefficient (Wildman–Crippen LogP) is 1.90. The predicted molar refractivity (Wildman–Crippen MR) is 85.3 cm³/mol. The Labute approximate surface area is 139 Å². The third-order valence-corrected chi connectivity index (χ3v) is 4.15. The van der Waals surface area contributed by atoms with Crippen molar-refractivity contribution in [3.05, 3.63) is 35.1 Å². The Kier molecular flexibility index (Phi) is 5.89. The van der Waals surface area contributed by atoms with E-state index < -0.39 is 17.7 Å². The number of carboxylic acids is 1. The standard InChI is InChI=1S/C17H21FN2O4/c1-2-7-19-15(21)11-5-8-20(9-6-11)16(22)13-4-3-12(17(23)24)10-14(13)18/h3-4,10-11H,2,5-9H2,1H3,(H,19,21)(H,23,24). The number of aromatic carboxylic acids is 1. The van der Waals surface area contributed by atoms with Gasteiger partial charge in [0.2, 0.25) is 5.91 Å². The second-order valence-corrected chi connectivity index (χ2v) is 5.86. The zero-order valence-electron chi connectivity index (χ0n) is 13.5. The van der Waals surface area contributed by atoms with Crippen molar-refractivity contribution in [2.24, 2.45) is 5.92 Å². The SMILES string of the molecule is CCCNC(=O)C1CCN(C(=O)c2ccc(C(=O)O)cc2F)CC1. The third-order valence-electron chi connectivity index (χ3n) is 4.15. The van der Waals surface area contributed by atoms with Gasteiger partial charge in [0.25, 0.3) is 5.91 Å². The van der Waals surface area contributed by atoms with Gasteiger partial charge in [0.05, 0.1) is 11.1 Å². The largest absolute Gasteiger partial charge is 0.478 e. The summed E-state index contributed by atoms with van der Waals surface area (Å²) in [5.74, 6) is -2.69. The number of likely N-dealkylation sites (tertiary alicyclic amines) is 1. The molecule has 0 aromatic heterocycles. The van der Waals surface area contributed by atoms with Gasteiger partial charge < -0.3 is 15.3 Å². The molecule has 1 aromatic carbocycles. The molecular weight excluding hydrogens is 315 g/mol. The maximum absolute atomic E-state index is 14.0. The quantitative estimate of drug-likeness (QED) is 0.860. The molecule has 6 nitrogen and oxygen atoms in total. The van der Waals surface area contributed by atoms with Gasteiger partial charge in [-0.05, 0) is 37.5 Å². The monoisotopic (exact) mass is 336 g/mol. The van der Waals surface area contributed by atoms with Crippen LogP contribution >= 0.6 is 0 Å². The fraction of sp³-hybridized carbons (Fsp3) is 0.471. The fourth-order valence-electron chi connectivity index (χ4n) is 2.73. The average molecular weight is 336 g/mol. The number of hydrogen-bond acceptors (Lipinski definition) is 3. The highest BCUT2D eigenvalue weighted by Crippen LogP contribution is 2.21. The van der Waals surface area contributed by atoms with Crippen LogP contribution in [0.2, 0.25) is 0 Å². The van der Waals surface area contributed by atoms with Crippen molar-refractivity contribution >= 4 is 17.8 Å². The molecule has 1 aliphatic rings. The number of piperidine rings is 1. The summed E-state index contributed by atoms with van der Waals surface area (Å²) >= 11 is 0. The Hall–Kier alpha value is -2.44. The van der Waals surface area contributed by atoms with Crippen molar-refractivity contribution in [3.8, 4) is 0 Å². The van der Waals surface area contributed by atoms with Gasteiger partial charge in [0.1, 0.15) is 5.82 Å². The first-order valence-corrected chi connectivity index (χ1v) is 8.03. The number of benzene rings is 1. The summed E-state index contributed by atoms with van der Waals surface area (Å²) in [5.41, 5.74) is -0.343. The molecule has 2 rings (SSSR count). The highest BCUT2D eigenvalue weighted by molar-refractivity contribution is 5.96. The lowest BCUT2D eigenvalue weighted by Gasteiger charge is -2.31. The number of nitrogens with zero attached hydrogens (tertiary/aromatic N) is 1. The van der Waals surface area contributed by atoms with Crippen LogP contribution in [-0.4, -0.2) is 47.4 Å². The first-order chi connectivity index (χ1) is 11.4. The van der Waals surface area contributed by atoms with E-state index in [0.717, 1.165) is 12.5 Å². The second kappa shape index (κ2) is 7.90. The molecule has 1 saturated heterocycles. The van der Waals surface area contributed by atoms with E-state index in [2.05, 4.69) is 5.32 Å². The smallest absolute Gasteiger partial charge is 0.335 e. The van der Waals surface area contributed by atoms with Gasteiger partial charge >= 0.3 is 5.97 Å². The van der Waals surface area contributed by atoms with Crippen LogP contribution < -0.4 is 5.32 Å². The van der Waals surface area contributed by atoms with Gasteiger partial charge in [0.15, 0.2) is 0 Å². The van der Waals surface area contributed by atoms with E-state index in [1.807, 2.05) is 6.92 Å². The lowest BCUT2D eigenvalue weighted by atomic mass is 9.95. The van der Waals surface area contributed by atoms with Gasteiger partial charge in [-0.15, -0.1) is 0 Å². The van der Waals surface area contributed by atoms with Crippen LogP contribution in [0.25, 0.3) is 0 Å². The molecule has 0 aliphatic carbocycles. The summed E-state index contributed by atoms with van der Waals surface area (Å²) in [6.45, 7) is 3.37. The zero-order valence-corrected chi connectivity index (χ0v) is 13.5. The van der Waals surface area contributed by atoms with Crippen LogP contribution in [0.5, 0.6) is 0 Å². The molecule has 1 aromatic rings. The number of amides is 2. The molecule has 2 amide bonds. The molecule has 1 fully saturated rings. The van der Waals surface area contributed by atoms with Crippen LogP contribution in [0.15, 0.2) is 18.2 Å². The molecule has 0 bridgehead atoms. The van der Waals surface area contributed by atoms with Gasteiger partial charge in [-0.1, -0.05) is 6.92 Å². The van der Waals surface area contributed by atoms with Crippen molar-refractivity contribution in [1.82, 2.24) is 10.2 Å². The molecule has 7 heteroatoms. The Morgan fingerprint density at radius 3 is 2.50 bits per heavy atom. The molecule has 1 aliphatic heterocycles. The van der Waals surface area contributed by atoms with E-state index in [4.69, 9.17) is 5.11 Å². The number of nitrogens with one attached hydrogen (secondary N) is 1. The molecule has 0 unspecified atom stereocenters. The number of carbonyl (C=O) groups is 3. The maximum Gasteiger partial charge on any atom is 0.335 e. The molecule has 0 spiro atoms. The number of carboxylic acid groups (broad SMARTS) is 1. The topological polar surface area (TPSA) is 86.7 Å². The summed E-state index contributed by atoms with van der Waals surface area (Å²) in [7, 11) is 0. The number of hydrogen-bond donors (Lipinski definition) is 2. The molecule has 0 atom stereocenters. The van der Waals surface area contributed by atoms with Crippen molar-refractivity contribution in [3.63, 3.8) is 0 Å². The minimum atomic E-state index is -1.24. The molecule has 0 saturated carbocycles. The summed E-state index contributed by atoms with van der Waals surface area (Å²) in [6.07, 6.45) is 1.95. The third kappa shape index (κ3) is 4.10. The Bertz CT molecular complexity index is 639. The normalized spacial score (nSPS) is 15.2. The zero-order chi connectivity index (χ0) is 17.7. The second-order valence-electron chi connectivity index (χ2n) is 5.86. The van der Waals surface area contributed by atoms with Crippen LogP contribution in [-0.2, 0) is 4.79 Å². The van der Waals surface area contributed by atoms with Crippen molar-refractivity contribution < 1.29 is 23.9 Å². The Balaban J connectivity index is 1.98. The summed E-state index contributed by atoms with van der Waals surface area (Å²) in [4.78, 5) is 36.6. The molecule has 24 heavy (non-hydrogen) atoms. The van der Waals surface area contributed by atoms with E-state index in [0.29, 0.717) is 32.5 Å². The molecule has 2 N–H and O–H groups in total. The maximum atomic E-state index is 14.0. The van der Waals surface area contributed by atoms with Crippen LogP contribution in [0.1, 0.15) is 46.9 Å².